The normalized spacial score (nSPS) is 10.9. The van der Waals surface area contributed by atoms with E-state index >= 15 is 0 Å². The molecular weight excluding hydrogens is 392 g/mol. The summed E-state index contributed by atoms with van der Waals surface area (Å²) in [6, 6.07) is 2.78. The van der Waals surface area contributed by atoms with E-state index < -0.39 is 12.2 Å². The zero-order valence-corrected chi connectivity index (χ0v) is 10.5. The van der Waals surface area contributed by atoms with Gasteiger partial charge in [-0.15, -0.1) is 13.2 Å². The van der Waals surface area contributed by atoms with Crippen molar-refractivity contribution in [1.29, 1.82) is 5.26 Å². The first-order chi connectivity index (χ1) is 6.83. The number of aromatic nitrogens is 1. The Morgan fingerprint density at radius 2 is 2.13 bits per heavy atom. The predicted molar refractivity (Wildman–Crippen MR) is 56.1 cm³/mol. The van der Waals surface area contributed by atoms with E-state index in [4.69, 9.17) is 5.26 Å². The monoisotopic (exact) mass is 392 g/mol. The molecule has 0 saturated carbocycles. The first-order valence-corrected chi connectivity index (χ1v) is 5.22. The first kappa shape index (κ1) is 12.5. The number of hydrogen-bond donors (Lipinski definition) is 0. The van der Waals surface area contributed by atoms with E-state index in [1.54, 1.807) is 28.7 Å². The van der Waals surface area contributed by atoms with Gasteiger partial charge < -0.3 is 4.74 Å². The van der Waals surface area contributed by atoms with Crippen molar-refractivity contribution in [2.24, 2.45) is 0 Å². The third-order valence-corrected chi connectivity index (χ3v) is 3.40. The lowest BCUT2D eigenvalue weighted by molar-refractivity contribution is -0.276. The number of halogens is 5. The van der Waals surface area contributed by atoms with Gasteiger partial charge in [0.1, 0.15) is 15.3 Å². The summed E-state index contributed by atoms with van der Waals surface area (Å²) in [4.78, 5) is 3.50. The van der Waals surface area contributed by atoms with E-state index in [-0.39, 0.29) is 9.26 Å². The maximum atomic E-state index is 11.9. The quantitative estimate of drug-likeness (QED) is 0.544. The van der Waals surface area contributed by atoms with Crippen LogP contribution >= 0.6 is 38.5 Å². The Labute approximate surface area is 105 Å². The van der Waals surface area contributed by atoms with Crippen LogP contribution in [0.2, 0.25) is 0 Å². The van der Waals surface area contributed by atoms with Crippen LogP contribution < -0.4 is 4.74 Å². The highest BCUT2D eigenvalue weighted by Crippen LogP contribution is 2.28. The van der Waals surface area contributed by atoms with Gasteiger partial charge in [-0.3, -0.25) is 0 Å². The Bertz CT molecular complexity index is 429. The third kappa shape index (κ3) is 3.49. The molecular formula is C7HBrF3IN2O. The molecule has 0 aliphatic heterocycles. The second-order valence-corrected chi connectivity index (χ2v) is 4.15. The number of nitriles is 1. The van der Waals surface area contributed by atoms with Crippen molar-refractivity contribution in [3.63, 3.8) is 0 Å². The summed E-state index contributed by atoms with van der Waals surface area (Å²) in [5.74, 6) is -0.738. The largest absolute Gasteiger partial charge is 0.574 e. The van der Waals surface area contributed by atoms with Crippen LogP contribution in [0, 0.1) is 15.0 Å². The van der Waals surface area contributed by atoms with Gasteiger partial charge in [-0.05, 0) is 44.6 Å². The van der Waals surface area contributed by atoms with Crippen LogP contribution in [-0.4, -0.2) is 11.3 Å². The molecule has 0 amide bonds. The Balaban J connectivity index is 3.18. The number of hydrogen-bond acceptors (Lipinski definition) is 3. The zero-order chi connectivity index (χ0) is 11.6. The predicted octanol–water partition coefficient (Wildman–Crippen LogP) is 3.22. The van der Waals surface area contributed by atoms with Gasteiger partial charge >= 0.3 is 6.36 Å². The minimum atomic E-state index is -4.85. The molecule has 1 aromatic heterocycles. The number of rotatable bonds is 1. The van der Waals surface area contributed by atoms with Gasteiger partial charge in [0.05, 0.1) is 4.47 Å². The van der Waals surface area contributed by atoms with Gasteiger partial charge in [0.15, 0.2) is 0 Å². The minimum absolute atomic E-state index is 0.278. The molecule has 0 aromatic carbocycles. The summed E-state index contributed by atoms with van der Waals surface area (Å²) in [6.45, 7) is 0. The Kier molecular flexibility index (Phi) is 3.77. The van der Waals surface area contributed by atoms with E-state index in [1.165, 1.54) is 6.07 Å². The number of pyridine rings is 1. The summed E-state index contributed by atoms with van der Waals surface area (Å²) in [5, 5.41) is 8.57. The fourth-order valence-electron chi connectivity index (χ4n) is 0.718. The standard InChI is InChI=1S/C7HBrF3IN2O/c8-4-1-3(2-13)6(14-5(4)12)15-7(9,10)11/h1H. The fraction of sp³-hybridized carbons (Fsp3) is 0.143. The summed E-state index contributed by atoms with van der Waals surface area (Å²) < 4.78 is 40.0. The molecule has 3 nitrogen and oxygen atoms in total. The molecule has 0 radical (unpaired) electrons. The van der Waals surface area contributed by atoms with Crippen molar-refractivity contribution in [2.75, 3.05) is 0 Å². The molecule has 0 bridgehead atoms. The number of ether oxygens (including phenoxy) is 1. The molecule has 0 N–H and O–H groups in total. The van der Waals surface area contributed by atoms with Crippen molar-refractivity contribution >= 4 is 38.5 Å². The zero-order valence-electron chi connectivity index (χ0n) is 6.77. The summed E-state index contributed by atoms with van der Waals surface area (Å²) in [7, 11) is 0. The maximum absolute atomic E-state index is 11.9. The lowest BCUT2D eigenvalue weighted by Gasteiger charge is -2.09. The number of alkyl halides is 3. The molecule has 0 aliphatic carbocycles. The molecule has 0 spiro atoms. The summed E-state index contributed by atoms with van der Waals surface area (Å²) in [6.07, 6.45) is -4.85. The molecule has 8 heteroatoms. The molecule has 0 saturated heterocycles. The third-order valence-electron chi connectivity index (χ3n) is 1.23. The molecule has 15 heavy (non-hydrogen) atoms. The topological polar surface area (TPSA) is 45.9 Å². The lowest BCUT2D eigenvalue weighted by atomic mass is 10.3. The van der Waals surface area contributed by atoms with Crippen molar-refractivity contribution in [2.45, 2.75) is 6.36 Å². The van der Waals surface area contributed by atoms with Crippen LogP contribution in [0.5, 0.6) is 5.88 Å². The SMILES string of the molecule is N#Cc1cc(Br)c(I)nc1OC(F)(F)F. The first-order valence-electron chi connectivity index (χ1n) is 3.35. The molecule has 1 aromatic rings. The van der Waals surface area contributed by atoms with E-state index in [9.17, 15) is 13.2 Å². The Morgan fingerprint density at radius 1 is 1.53 bits per heavy atom. The highest BCUT2D eigenvalue weighted by atomic mass is 127. The number of nitrogens with zero attached hydrogens (tertiary/aromatic N) is 2. The van der Waals surface area contributed by atoms with E-state index in [1.807, 2.05) is 0 Å². The van der Waals surface area contributed by atoms with Crippen LogP contribution in [0.3, 0.4) is 0 Å². The lowest BCUT2D eigenvalue weighted by Crippen LogP contribution is -2.19. The highest BCUT2D eigenvalue weighted by molar-refractivity contribution is 14.1. The highest BCUT2D eigenvalue weighted by Gasteiger charge is 2.33. The van der Waals surface area contributed by atoms with Crippen LogP contribution in [-0.2, 0) is 0 Å². The van der Waals surface area contributed by atoms with Gasteiger partial charge in [-0.2, -0.15) is 5.26 Å². The molecule has 0 atom stereocenters. The van der Waals surface area contributed by atoms with Crippen molar-refractivity contribution < 1.29 is 17.9 Å². The van der Waals surface area contributed by atoms with Gasteiger partial charge in [-0.25, -0.2) is 4.98 Å². The average Bonchev–Trinajstić information content (AvgIpc) is 2.08. The molecule has 80 valence electrons. The van der Waals surface area contributed by atoms with Crippen LogP contribution in [0.4, 0.5) is 13.2 Å². The molecule has 1 rings (SSSR count). The average molecular weight is 393 g/mol. The van der Waals surface area contributed by atoms with Gasteiger partial charge in [0, 0.05) is 0 Å². The van der Waals surface area contributed by atoms with E-state index in [0.717, 1.165) is 0 Å². The Morgan fingerprint density at radius 3 is 2.60 bits per heavy atom. The minimum Gasteiger partial charge on any atom is -0.386 e. The smallest absolute Gasteiger partial charge is 0.386 e. The summed E-state index contributed by atoms with van der Waals surface area (Å²) >= 11 is 4.76. The van der Waals surface area contributed by atoms with Crippen LogP contribution in [0.15, 0.2) is 10.5 Å². The van der Waals surface area contributed by atoms with E-state index in [0.29, 0.717) is 4.47 Å². The summed E-state index contributed by atoms with van der Waals surface area (Å²) in [5.41, 5.74) is -0.278. The molecule has 1 heterocycles. The van der Waals surface area contributed by atoms with Gasteiger partial charge in [-0.1, -0.05) is 0 Å². The fourth-order valence-corrected chi connectivity index (χ4v) is 1.41. The maximum Gasteiger partial charge on any atom is 0.574 e. The second-order valence-electron chi connectivity index (χ2n) is 2.27. The van der Waals surface area contributed by atoms with Gasteiger partial charge in [0.25, 0.3) is 0 Å². The van der Waals surface area contributed by atoms with E-state index in [2.05, 4.69) is 25.7 Å². The van der Waals surface area contributed by atoms with Crippen LogP contribution in [0.1, 0.15) is 5.56 Å². The molecule has 0 aliphatic rings. The second kappa shape index (κ2) is 4.52. The van der Waals surface area contributed by atoms with Gasteiger partial charge in [0.2, 0.25) is 5.88 Å². The van der Waals surface area contributed by atoms with Crippen LogP contribution in [0.25, 0.3) is 0 Å². The van der Waals surface area contributed by atoms with Crippen molar-refractivity contribution in [3.05, 3.63) is 19.8 Å². The molecule has 0 unspecified atom stereocenters. The molecule has 0 fully saturated rings. The van der Waals surface area contributed by atoms with Crippen molar-refractivity contribution in [1.82, 2.24) is 4.98 Å². The van der Waals surface area contributed by atoms with Crippen molar-refractivity contribution in [3.8, 4) is 11.9 Å². The Hall–Kier alpha value is -0.560.